The van der Waals surface area contributed by atoms with Crippen LogP contribution in [-0.4, -0.2) is 44.8 Å². The van der Waals surface area contributed by atoms with Crippen molar-refractivity contribution in [2.75, 3.05) is 0 Å². The topological polar surface area (TPSA) is 80.9 Å². The van der Waals surface area contributed by atoms with Gasteiger partial charge in [-0.15, -0.1) is 0 Å². The second kappa shape index (κ2) is 14.0. The Bertz CT molecular complexity index is 1470. The Hall–Kier alpha value is -0.680. The maximum Gasteiger partial charge on any atom is 0.0602 e. The molecule has 0 amide bonds. The number of rotatable bonds is 0. The summed E-state index contributed by atoms with van der Waals surface area (Å²) in [4.78, 5) is 0. The molecule has 12 aliphatic rings. The van der Waals surface area contributed by atoms with Crippen LogP contribution in [0.1, 0.15) is 162 Å². The first kappa shape index (κ1) is 41.5. The van der Waals surface area contributed by atoms with Crippen LogP contribution >= 0.6 is 0 Å². The van der Waals surface area contributed by atoms with Crippen LogP contribution in [0.2, 0.25) is 0 Å². The van der Waals surface area contributed by atoms with E-state index < -0.39 is 0 Å². The molecule has 0 radical (unpaired) electrons. The zero-order chi connectivity index (χ0) is 36.9. The normalized spacial score (nSPS) is 59.0. The van der Waals surface area contributed by atoms with Crippen LogP contribution in [0.25, 0.3) is 0 Å². The summed E-state index contributed by atoms with van der Waals surface area (Å²) in [6, 6.07) is 0. The van der Waals surface area contributed by atoms with E-state index in [1.54, 1.807) is 11.1 Å². The molecule has 0 spiro atoms. The van der Waals surface area contributed by atoms with Crippen LogP contribution < -0.4 is 0 Å². The summed E-state index contributed by atoms with van der Waals surface area (Å²) in [6.45, 7) is 18.5. The maximum absolute atomic E-state index is 10.0. The van der Waals surface area contributed by atoms with E-state index in [0.717, 1.165) is 96.7 Å². The zero-order valence-electron chi connectivity index (χ0n) is 34.2. The van der Waals surface area contributed by atoms with E-state index in [2.05, 4.69) is 67.5 Å². The van der Waals surface area contributed by atoms with Crippen molar-refractivity contribution >= 4 is 0 Å². The van der Waals surface area contributed by atoms with Gasteiger partial charge in [0.05, 0.1) is 24.4 Å². The second-order valence-electron chi connectivity index (χ2n) is 23.2. The number of aliphatic hydroxyl groups is 4. The Morgan fingerprint density at radius 1 is 0.593 bits per heavy atom. The molecule has 0 aromatic rings. The third-order valence-corrected chi connectivity index (χ3v) is 20.5. The predicted octanol–water partition coefficient (Wildman–Crippen LogP) is 11.1. The summed E-state index contributed by atoms with van der Waals surface area (Å²) in [6.07, 6.45) is 22.6. The van der Waals surface area contributed by atoms with Gasteiger partial charge in [0.15, 0.2) is 0 Å². The Labute approximate surface area is 333 Å². The first-order chi connectivity index (χ1) is 24.5. The lowest BCUT2D eigenvalue weighted by Crippen LogP contribution is -2.39. The third kappa shape index (κ3) is 5.83. The maximum atomic E-state index is 10.0. The highest BCUT2D eigenvalue weighted by Crippen LogP contribution is 2.69. The van der Waals surface area contributed by atoms with E-state index in [9.17, 15) is 20.4 Å². The van der Waals surface area contributed by atoms with Crippen LogP contribution in [0.5, 0.6) is 0 Å². The zero-order valence-corrected chi connectivity index (χ0v) is 34.2. The molecule has 54 heavy (non-hydrogen) atoms. The van der Waals surface area contributed by atoms with Gasteiger partial charge in [0.1, 0.15) is 0 Å². The number of aliphatic hydroxyl groups excluding tert-OH is 4. The van der Waals surface area contributed by atoms with E-state index >= 15 is 0 Å². The van der Waals surface area contributed by atoms with Crippen LogP contribution in [-0.2, 0) is 0 Å². The fourth-order valence-electron chi connectivity index (χ4n) is 18.2. The van der Waals surface area contributed by atoms with Gasteiger partial charge in [-0.05, 0) is 191 Å². The first-order valence-electron chi connectivity index (χ1n) is 22.5. The second-order valence-corrected chi connectivity index (χ2v) is 23.2. The first-order valence-corrected chi connectivity index (χ1v) is 22.5. The smallest absolute Gasteiger partial charge is 0.0602 e. The monoisotopic (exact) mass is 751 g/mol. The fraction of sp³-hybridized carbons (Fsp3) is 0.920. The van der Waals surface area contributed by atoms with Crippen LogP contribution in [0.4, 0.5) is 0 Å². The van der Waals surface area contributed by atoms with Crippen molar-refractivity contribution in [3.8, 4) is 0 Å². The Morgan fingerprint density at radius 2 is 1.11 bits per heavy atom. The van der Waals surface area contributed by atoms with Gasteiger partial charge in [-0.3, -0.25) is 0 Å². The highest BCUT2D eigenvalue weighted by molar-refractivity contribution is 5.26. The molecule has 4 N–H and O–H groups in total. The Morgan fingerprint density at radius 3 is 1.80 bits per heavy atom. The van der Waals surface area contributed by atoms with Crippen molar-refractivity contribution in [3.05, 3.63) is 23.3 Å². The summed E-state index contributed by atoms with van der Waals surface area (Å²) >= 11 is 0. The molecule has 0 aliphatic heterocycles. The summed E-state index contributed by atoms with van der Waals surface area (Å²) in [5.41, 5.74) is 4.17. The third-order valence-electron chi connectivity index (χ3n) is 20.5. The van der Waals surface area contributed by atoms with Crippen LogP contribution in [0.3, 0.4) is 0 Å². The largest absolute Gasteiger partial charge is 0.393 e. The molecule has 22 atom stereocenters. The molecule has 0 aromatic carbocycles. The number of allylic oxidation sites excluding steroid dienone is 4. The average Bonchev–Trinajstić information content (AvgIpc) is 3.91. The van der Waals surface area contributed by atoms with Crippen LogP contribution in [0.15, 0.2) is 23.3 Å². The summed E-state index contributed by atoms with van der Waals surface area (Å²) in [5.74, 6) is 12.0. The van der Waals surface area contributed by atoms with E-state index in [4.69, 9.17) is 0 Å². The summed E-state index contributed by atoms with van der Waals surface area (Å²) in [7, 11) is 0. The number of hydrogen-bond donors (Lipinski definition) is 4. The Balaban J connectivity index is 0.000000122. The standard InChI is InChI=1S/C12H20O.C12H18O.C12H20O.C12H18O.2CH4.H2/c2*1-7-3-9-8-5-11(13)12(2,6-8)10(9)4-7;2*1-7-3-4-9-8-5-10(13)12(2,6-8)11(7)9;;;/h7-11,13H,3-6H2,1-2H3;4,8-11,13H,3,5-6H2,1-2H3;7-11,13H,3-6H2,1-2H3;3,8-11,13H,4-6H2,1-2H3;2*1H4;1H. The minimum absolute atomic E-state index is 0. The quantitative estimate of drug-likeness (QED) is 0.186. The van der Waals surface area contributed by atoms with Crippen molar-refractivity contribution in [1.82, 2.24) is 0 Å². The van der Waals surface area contributed by atoms with Crippen LogP contribution in [0, 0.1) is 105 Å². The van der Waals surface area contributed by atoms with E-state index in [1.165, 1.54) is 64.2 Å². The summed E-state index contributed by atoms with van der Waals surface area (Å²) < 4.78 is 0. The molecule has 10 fully saturated rings. The van der Waals surface area contributed by atoms with E-state index in [1.807, 2.05) is 0 Å². The predicted molar refractivity (Wildman–Crippen MR) is 224 cm³/mol. The van der Waals surface area contributed by atoms with Gasteiger partial charge in [-0.1, -0.05) is 86.1 Å². The fourth-order valence-corrected chi connectivity index (χ4v) is 18.2. The van der Waals surface area contributed by atoms with Gasteiger partial charge in [0.2, 0.25) is 0 Å². The van der Waals surface area contributed by atoms with Gasteiger partial charge in [0, 0.05) is 12.3 Å². The molecule has 8 bridgehead atoms. The molecule has 0 saturated heterocycles. The van der Waals surface area contributed by atoms with Gasteiger partial charge in [-0.25, -0.2) is 0 Å². The minimum atomic E-state index is -0.0276. The van der Waals surface area contributed by atoms with Crippen molar-refractivity contribution in [2.24, 2.45) is 105 Å². The minimum Gasteiger partial charge on any atom is -0.393 e. The molecule has 22 unspecified atom stereocenters. The van der Waals surface area contributed by atoms with Crippen molar-refractivity contribution in [1.29, 1.82) is 0 Å². The molecule has 0 heterocycles. The van der Waals surface area contributed by atoms with Gasteiger partial charge >= 0.3 is 0 Å². The van der Waals surface area contributed by atoms with Crippen molar-refractivity contribution in [2.45, 2.75) is 185 Å². The Kier molecular flexibility index (Phi) is 10.7. The number of hydrogen-bond acceptors (Lipinski definition) is 4. The van der Waals surface area contributed by atoms with Gasteiger partial charge in [-0.2, -0.15) is 0 Å². The van der Waals surface area contributed by atoms with Crippen molar-refractivity contribution < 1.29 is 21.9 Å². The lowest BCUT2D eigenvalue weighted by atomic mass is 9.68. The molecular formula is C50H86O4. The molecule has 4 heteroatoms. The van der Waals surface area contributed by atoms with Gasteiger partial charge < -0.3 is 20.4 Å². The molecular weight excluding hydrogens is 665 g/mol. The molecule has 10 saturated carbocycles. The molecule has 12 aliphatic carbocycles. The molecule has 310 valence electrons. The van der Waals surface area contributed by atoms with E-state index in [-0.39, 0.29) is 51.5 Å². The SMILES string of the molecule is C.C.CC1=CC2C(C1)C1CC(O)C2(C)C1.CC1=CCC2C3CC(O)C(C)(C3)C12.CC1CC2C3CC(O)C(C)(C3)C2C1.CC1CCC2C3CC(O)C(C)(C3)C12.[HH]. The molecule has 4 nitrogen and oxygen atoms in total. The molecule has 12 rings (SSSR count). The van der Waals surface area contributed by atoms with E-state index in [0.29, 0.717) is 22.7 Å². The molecule has 0 aromatic heterocycles. The lowest BCUT2D eigenvalue weighted by molar-refractivity contribution is -0.0134. The summed E-state index contributed by atoms with van der Waals surface area (Å²) in [5, 5.41) is 40.1. The number of fused-ring (bicyclic) bond motifs is 20. The average molecular weight is 751 g/mol. The highest BCUT2D eigenvalue weighted by Gasteiger charge is 2.64. The highest BCUT2D eigenvalue weighted by atomic mass is 16.3. The van der Waals surface area contributed by atoms with Crippen molar-refractivity contribution in [3.63, 3.8) is 0 Å². The van der Waals surface area contributed by atoms with Gasteiger partial charge in [0.25, 0.3) is 0 Å². The lowest BCUT2D eigenvalue weighted by Gasteiger charge is -2.39.